The van der Waals surface area contributed by atoms with Crippen LogP contribution in [0.15, 0.2) is 218 Å². The summed E-state index contributed by atoms with van der Waals surface area (Å²) in [6, 6.07) is 80.6. The predicted molar refractivity (Wildman–Crippen MR) is 254 cm³/mol. The van der Waals surface area contributed by atoms with E-state index in [-0.39, 0.29) is 0 Å². The first-order chi connectivity index (χ1) is 29.3. The Morgan fingerprint density at radius 1 is 0.254 bits per heavy atom. The van der Waals surface area contributed by atoms with E-state index in [9.17, 15) is 0 Å². The van der Waals surface area contributed by atoms with Crippen molar-refractivity contribution in [3.63, 3.8) is 0 Å². The number of fused-ring (bicyclic) bond motifs is 6. The van der Waals surface area contributed by atoms with E-state index in [2.05, 4.69) is 218 Å². The van der Waals surface area contributed by atoms with Gasteiger partial charge in [0.1, 0.15) is 0 Å². The molecule has 59 heavy (non-hydrogen) atoms. The molecule has 0 bridgehead atoms. The lowest BCUT2D eigenvalue weighted by molar-refractivity contribution is 1.54. The Bertz CT molecular complexity index is 3270. The third-order valence-corrected chi connectivity index (χ3v) is 13.4. The van der Waals surface area contributed by atoms with Gasteiger partial charge in [0.15, 0.2) is 0 Å². The van der Waals surface area contributed by atoms with Crippen LogP contribution in [0, 0.1) is 0 Å². The summed E-state index contributed by atoms with van der Waals surface area (Å²) < 4.78 is 1.33. The predicted octanol–water partition coefficient (Wildman–Crippen LogP) is 16.9. The lowest BCUT2D eigenvalue weighted by Crippen LogP contribution is -1.99. The van der Waals surface area contributed by atoms with E-state index in [0.29, 0.717) is 0 Å². The van der Waals surface area contributed by atoms with Crippen LogP contribution >= 0.6 is 11.3 Å². The number of benzene rings is 10. The molecule has 0 saturated heterocycles. The number of hydrogen-bond acceptors (Lipinski definition) is 1. The Labute approximate surface area is 348 Å². The number of thiophene rings is 1. The number of rotatable bonds is 6. The fraction of sp³-hybridized carbons (Fsp3) is 0. The van der Waals surface area contributed by atoms with Gasteiger partial charge in [-0.3, -0.25) is 0 Å². The maximum absolute atomic E-state index is 2.43. The molecule has 0 N–H and O–H groups in total. The van der Waals surface area contributed by atoms with Crippen LogP contribution in [0.25, 0.3) is 120 Å². The van der Waals surface area contributed by atoms with Crippen LogP contribution < -0.4 is 0 Å². The van der Waals surface area contributed by atoms with Crippen LogP contribution in [0.5, 0.6) is 0 Å². The van der Waals surface area contributed by atoms with Crippen LogP contribution in [-0.2, 0) is 0 Å². The fourth-order valence-electron chi connectivity index (χ4n) is 9.75. The first-order valence-electron chi connectivity index (χ1n) is 20.3. The average molecular weight is 765 g/mol. The van der Waals surface area contributed by atoms with Gasteiger partial charge in [-0.1, -0.05) is 206 Å². The maximum atomic E-state index is 2.43. The molecule has 12 rings (SSSR count). The van der Waals surface area contributed by atoms with Gasteiger partial charge >= 0.3 is 0 Å². The van der Waals surface area contributed by atoms with Gasteiger partial charge in [0.05, 0.1) is 0 Å². The minimum absolute atomic E-state index is 1.21. The Morgan fingerprint density at radius 2 is 0.678 bits per heavy atom. The minimum Gasteiger partial charge on any atom is -0.135 e. The summed E-state index contributed by atoms with van der Waals surface area (Å²) in [7, 11) is 0. The zero-order chi connectivity index (χ0) is 38.9. The van der Waals surface area contributed by atoms with Gasteiger partial charge in [-0.25, -0.2) is 0 Å². The summed E-state index contributed by atoms with van der Waals surface area (Å²) >= 11 is 1.91. The Balaban J connectivity index is 1.23. The molecule has 0 nitrogen and oxygen atoms in total. The second-order valence-electron chi connectivity index (χ2n) is 15.5. The van der Waals surface area contributed by atoms with Gasteiger partial charge in [-0.15, -0.1) is 11.3 Å². The van der Waals surface area contributed by atoms with E-state index in [4.69, 9.17) is 0 Å². The molecule has 11 aromatic rings. The van der Waals surface area contributed by atoms with Crippen molar-refractivity contribution in [3.8, 4) is 88.3 Å². The van der Waals surface area contributed by atoms with Crippen molar-refractivity contribution in [2.24, 2.45) is 0 Å². The number of hydrogen-bond donors (Lipinski definition) is 0. The second kappa shape index (κ2) is 13.7. The minimum atomic E-state index is 1.21. The van der Waals surface area contributed by atoms with Gasteiger partial charge in [0, 0.05) is 20.5 Å². The SMILES string of the molecule is c1ccc(-c2cc3c(s2)c(-c2ccc4c5c(cccc25)-c2c(-c5ccccc5)c(-c5ccccc5)c(-c5ccccc5)c(-c5ccccc5)c2-4)cc2ccccc23)cc1. The van der Waals surface area contributed by atoms with Crippen LogP contribution in [0.3, 0.4) is 0 Å². The van der Waals surface area contributed by atoms with E-state index in [0.717, 1.165) is 0 Å². The third kappa shape index (κ3) is 5.29. The normalized spacial score (nSPS) is 11.7. The van der Waals surface area contributed by atoms with E-state index >= 15 is 0 Å². The summed E-state index contributed by atoms with van der Waals surface area (Å²) in [5.41, 5.74) is 18.9. The monoisotopic (exact) mass is 764 g/mol. The molecule has 0 spiro atoms. The zero-order valence-corrected chi connectivity index (χ0v) is 33.0. The summed E-state index contributed by atoms with van der Waals surface area (Å²) in [5.74, 6) is 0. The van der Waals surface area contributed by atoms with Crippen molar-refractivity contribution in [1.29, 1.82) is 0 Å². The lowest BCUT2D eigenvalue weighted by atomic mass is 9.76. The molecule has 0 radical (unpaired) electrons. The molecule has 0 aliphatic heterocycles. The Kier molecular flexibility index (Phi) is 7.82. The molecular weight excluding hydrogens is 729 g/mol. The molecule has 0 amide bonds. The third-order valence-electron chi connectivity index (χ3n) is 12.2. The molecule has 0 saturated carbocycles. The Hall–Kier alpha value is -7.32. The topological polar surface area (TPSA) is 0 Å². The quantitative estimate of drug-likeness (QED) is 0.158. The van der Waals surface area contributed by atoms with Crippen molar-refractivity contribution < 1.29 is 0 Å². The van der Waals surface area contributed by atoms with E-state index in [1.165, 1.54) is 120 Å². The van der Waals surface area contributed by atoms with Crippen molar-refractivity contribution in [2.75, 3.05) is 0 Å². The van der Waals surface area contributed by atoms with E-state index in [1.54, 1.807) is 0 Å². The smallest absolute Gasteiger partial charge is 0.0434 e. The summed E-state index contributed by atoms with van der Waals surface area (Å²) in [5, 5.41) is 6.47. The summed E-state index contributed by atoms with van der Waals surface area (Å²) in [4.78, 5) is 1.29. The largest absolute Gasteiger partial charge is 0.135 e. The van der Waals surface area contributed by atoms with Crippen molar-refractivity contribution in [1.82, 2.24) is 0 Å². The molecule has 0 atom stereocenters. The molecule has 0 fully saturated rings. The molecular formula is C58H36S. The average Bonchev–Trinajstić information content (AvgIpc) is 3.91. The molecule has 0 unspecified atom stereocenters. The zero-order valence-electron chi connectivity index (χ0n) is 32.2. The van der Waals surface area contributed by atoms with Gasteiger partial charge in [-0.05, 0) is 112 Å². The summed E-state index contributed by atoms with van der Waals surface area (Å²) in [6.45, 7) is 0. The second-order valence-corrected chi connectivity index (χ2v) is 16.5. The van der Waals surface area contributed by atoms with Crippen LogP contribution in [-0.4, -0.2) is 0 Å². The standard InChI is InChI=1S/C58H36S/c1-6-19-37(20-7-1)50-36-49-43-30-17-16-29-42(43)35-48(58(49)59-50)44-33-34-47-55-45(44)31-18-32-46(55)56-53(40-25-12-4-13-26-40)51(38-21-8-2-9-22-38)52(39-23-10-3-11-24-39)54(57(47)56)41-27-14-5-15-28-41/h1-36H. The van der Waals surface area contributed by atoms with Gasteiger partial charge < -0.3 is 0 Å². The van der Waals surface area contributed by atoms with Crippen LogP contribution in [0.2, 0.25) is 0 Å². The van der Waals surface area contributed by atoms with Gasteiger partial charge in [0.2, 0.25) is 0 Å². The highest BCUT2D eigenvalue weighted by Gasteiger charge is 2.34. The van der Waals surface area contributed by atoms with Gasteiger partial charge in [-0.2, -0.15) is 0 Å². The lowest BCUT2D eigenvalue weighted by Gasteiger charge is -2.26. The van der Waals surface area contributed by atoms with Gasteiger partial charge in [0.25, 0.3) is 0 Å². The molecule has 1 aliphatic rings. The van der Waals surface area contributed by atoms with E-state index < -0.39 is 0 Å². The van der Waals surface area contributed by atoms with Crippen LogP contribution in [0.4, 0.5) is 0 Å². The van der Waals surface area contributed by atoms with E-state index in [1.807, 2.05) is 11.3 Å². The highest BCUT2D eigenvalue weighted by Crippen LogP contribution is 2.61. The van der Waals surface area contributed by atoms with Crippen molar-refractivity contribution in [2.45, 2.75) is 0 Å². The molecule has 10 aromatic carbocycles. The molecule has 1 aliphatic carbocycles. The highest BCUT2D eigenvalue weighted by molar-refractivity contribution is 7.23. The first kappa shape index (κ1) is 33.8. The first-order valence-corrected chi connectivity index (χ1v) is 21.2. The fourth-order valence-corrected chi connectivity index (χ4v) is 11.0. The van der Waals surface area contributed by atoms with Crippen molar-refractivity contribution in [3.05, 3.63) is 218 Å². The maximum Gasteiger partial charge on any atom is 0.0434 e. The molecule has 1 heterocycles. The molecule has 1 heteroatoms. The molecule has 1 aromatic heterocycles. The highest BCUT2D eigenvalue weighted by atomic mass is 32.1. The van der Waals surface area contributed by atoms with Crippen LogP contribution in [0.1, 0.15) is 0 Å². The summed E-state index contributed by atoms with van der Waals surface area (Å²) in [6.07, 6.45) is 0. The Morgan fingerprint density at radius 3 is 1.22 bits per heavy atom. The molecule has 274 valence electrons. The van der Waals surface area contributed by atoms with Crippen molar-refractivity contribution >= 4 is 43.0 Å².